The summed E-state index contributed by atoms with van der Waals surface area (Å²) in [5, 5.41) is 10.6. The van der Waals surface area contributed by atoms with Gasteiger partial charge in [-0.15, -0.1) is 0 Å². The first-order valence-electron chi connectivity index (χ1n) is 9.66. The maximum atomic E-state index is 12.1. The van der Waals surface area contributed by atoms with E-state index in [1.54, 1.807) is 0 Å². The van der Waals surface area contributed by atoms with Crippen LogP contribution in [0.4, 0.5) is 0 Å². The number of benzene rings is 2. The van der Waals surface area contributed by atoms with E-state index in [2.05, 4.69) is 6.08 Å². The van der Waals surface area contributed by atoms with E-state index in [1.807, 2.05) is 62.4 Å². The van der Waals surface area contributed by atoms with Crippen molar-refractivity contribution in [2.24, 2.45) is 0 Å². The summed E-state index contributed by atoms with van der Waals surface area (Å²) in [6.07, 6.45) is 4.69. The van der Waals surface area contributed by atoms with Crippen LogP contribution >= 0.6 is 0 Å². The van der Waals surface area contributed by atoms with Crippen molar-refractivity contribution in [2.75, 3.05) is 0 Å². The summed E-state index contributed by atoms with van der Waals surface area (Å²) < 4.78 is 5.95. The highest BCUT2D eigenvalue weighted by Crippen LogP contribution is 2.37. The van der Waals surface area contributed by atoms with Crippen LogP contribution in [0.5, 0.6) is 5.75 Å². The Hall–Kier alpha value is -3.14. The number of fused-ring (bicyclic) bond motifs is 2. The van der Waals surface area contributed by atoms with Crippen LogP contribution in [0.1, 0.15) is 53.9 Å². The molecule has 2 aromatic carbocycles. The minimum Gasteiger partial charge on any atom is -0.490 e. The average Bonchev–Trinajstić information content (AvgIpc) is 2.67. The molecule has 0 amide bonds. The second-order valence-electron chi connectivity index (χ2n) is 7.36. The van der Waals surface area contributed by atoms with Crippen molar-refractivity contribution in [3.05, 3.63) is 70.9 Å². The molecule has 0 aliphatic heterocycles. The number of carboxylic acid groups (broad SMARTS) is 1. The smallest absolute Gasteiger partial charge is 0.336 e. The molecule has 0 spiro atoms. The molecule has 0 bridgehead atoms. The zero-order valence-electron chi connectivity index (χ0n) is 16.1. The molecule has 0 radical (unpaired) electrons. The third-order valence-corrected chi connectivity index (χ3v) is 5.00. The molecular weight excluding hydrogens is 350 g/mol. The fourth-order valence-corrected chi connectivity index (χ4v) is 3.87. The van der Waals surface area contributed by atoms with Crippen molar-refractivity contribution >= 4 is 28.5 Å². The summed E-state index contributed by atoms with van der Waals surface area (Å²) in [7, 11) is 0. The van der Waals surface area contributed by atoms with Crippen LogP contribution in [0, 0.1) is 0 Å². The molecule has 4 heteroatoms. The first kappa shape index (κ1) is 18.2. The molecule has 0 fully saturated rings. The van der Waals surface area contributed by atoms with Gasteiger partial charge < -0.3 is 9.84 Å². The van der Waals surface area contributed by atoms with Crippen LogP contribution < -0.4 is 4.74 Å². The fourth-order valence-electron chi connectivity index (χ4n) is 3.87. The maximum absolute atomic E-state index is 12.1. The van der Waals surface area contributed by atoms with Gasteiger partial charge in [-0.1, -0.05) is 36.4 Å². The number of carbonyl (C=O) groups is 1. The molecule has 28 heavy (non-hydrogen) atoms. The van der Waals surface area contributed by atoms with Gasteiger partial charge in [0.15, 0.2) is 0 Å². The lowest BCUT2D eigenvalue weighted by Gasteiger charge is -2.22. The predicted octanol–water partition coefficient (Wildman–Crippen LogP) is 5.60. The lowest BCUT2D eigenvalue weighted by atomic mass is 9.86. The molecular formula is C24H23NO3. The SMILES string of the molecule is CC(C)Oc1ccccc1/C=C1\CCCc2c1nc1ccccc1c2C(=O)O. The lowest BCUT2D eigenvalue weighted by molar-refractivity contribution is 0.0697. The minimum absolute atomic E-state index is 0.0823. The van der Waals surface area contributed by atoms with E-state index in [9.17, 15) is 9.90 Å². The molecule has 0 saturated carbocycles. The summed E-state index contributed by atoms with van der Waals surface area (Å²) >= 11 is 0. The molecule has 0 saturated heterocycles. The first-order valence-corrected chi connectivity index (χ1v) is 9.66. The third-order valence-electron chi connectivity index (χ3n) is 5.00. The van der Waals surface area contributed by atoms with Crippen LogP contribution in [0.2, 0.25) is 0 Å². The predicted molar refractivity (Wildman–Crippen MR) is 112 cm³/mol. The van der Waals surface area contributed by atoms with Crippen molar-refractivity contribution in [2.45, 2.75) is 39.2 Å². The van der Waals surface area contributed by atoms with Crippen molar-refractivity contribution < 1.29 is 14.6 Å². The van der Waals surface area contributed by atoms with E-state index < -0.39 is 5.97 Å². The van der Waals surface area contributed by atoms with E-state index in [0.717, 1.165) is 52.9 Å². The van der Waals surface area contributed by atoms with E-state index in [4.69, 9.17) is 9.72 Å². The Morgan fingerprint density at radius 1 is 1.11 bits per heavy atom. The molecule has 1 N–H and O–H groups in total. The highest BCUT2D eigenvalue weighted by atomic mass is 16.5. The summed E-state index contributed by atoms with van der Waals surface area (Å²) in [5.41, 5.74) is 4.81. The lowest BCUT2D eigenvalue weighted by Crippen LogP contribution is -2.13. The number of hydrogen-bond donors (Lipinski definition) is 1. The molecule has 4 rings (SSSR count). The monoisotopic (exact) mass is 373 g/mol. The number of aromatic carboxylic acids is 1. The number of nitrogens with zero attached hydrogens (tertiary/aromatic N) is 1. The highest BCUT2D eigenvalue weighted by molar-refractivity contribution is 6.05. The van der Waals surface area contributed by atoms with Gasteiger partial charge in [-0.2, -0.15) is 0 Å². The van der Waals surface area contributed by atoms with Crippen LogP contribution in [0.15, 0.2) is 48.5 Å². The van der Waals surface area contributed by atoms with Gasteiger partial charge in [0, 0.05) is 10.9 Å². The maximum Gasteiger partial charge on any atom is 0.336 e. The summed E-state index contributed by atoms with van der Waals surface area (Å²) in [4.78, 5) is 16.9. The van der Waals surface area contributed by atoms with Gasteiger partial charge in [0.25, 0.3) is 0 Å². The molecule has 1 aliphatic carbocycles. The molecule has 0 unspecified atom stereocenters. The van der Waals surface area contributed by atoms with Gasteiger partial charge in [-0.3, -0.25) is 0 Å². The minimum atomic E-state index is -0.889. The summed E-state index contributed by atoms with van der Waals surface area (Å²) in [6.45, 7) is 4.01. The summed E-state index contributed by atoms with van der Waals surface area (Å²) in [5.74, 6) is -0.0592. The Labute approximate surface area is 164 Å². The number of rotatable bonds is 4. The number of para-hydroxylation sites is 2. The zero-order valence-corrected chi connectivity index (χ0v) is 16.1. The Morgan fingerprint density at radius 3 is 2.64 bits per heavy atom. The van der Waals surface area contributed by atoms with Gasteiger partial charge >= 0.3 is 5.97 Å². The molecule has 142 valence electrons. The molecule has 0 atom stereocenters. The summed E-state index contributed by atoms with van der Waals surface area (Å²) in [6, 6.07) is 15.4. The molecule has 1 aromatic heterocycles. The molecule has 3 aromatic rings. The van der Waals surface area contributed by atoms with Crippen LogP contribution in [-0.4, -0.2) is 22.2 Å². The number of ether oxygens (including phenoxy) is 1. The van der Waals surface area contributed by atoms with Crippen LogP contribution in [0.25, 0.3) is 22.6 Å². The van der Waals surface area contributed by atoms with Crippen LogP contribution in [0.3, 0.4) is 0 Å². The second-order valence-corrected chi connectivity index (χ2v) is 7.36. The standard InChI is InChI=1S/C24H23NO3/c1-15(2)28-21-13-6-3-8-16(21)14-17-9-7-11-19-22(24(26)27)18-10-4-5-12-20(18)25-23(17)19/h3-6,8,10,12-15H,7,9,11H2,1-2H3,(H,26,27)/b17-14+. The normalized spacial score (nSPS) is 15.0. The van der Waals surface area contributed by atoms with E-state index in [1.165, 1.54) is 0 Å². The Bertz CT molecular complexity index is 1080. The fraction of sp³-hybridized carbons (Fsp3) is 0.250. The van der Waals surface area contributed by atoms with Gasteiger partial charge in [0.2, 0.25) is 0 Å². The van der Waals surface area contributed by atoms with Crippen molar-refractivity contribution in [3.63, 3.8) is 0 Å². The quantitative estimate of drug-likeness (QED) is 0.647. The third kappa shape index (κ3) is 3.38. The second kappa shape index (κ2) is 7.47. The molecule has 1 heterocycles. The number of allylic oxidation sites excluding steroid dienone is 1. The largest absolute Gasteiger partial charge is 0.490 e. The van der Waals surface area contributed by atoms with Gasteiger partial charge in [-0.05, 0) is 62.5 Å². The van der Waals surface area contributed by atoms with Gasteiger partial charge in [-0.25, -0.2) is 9.78 Å². The van der Waals surface area contributed by atoms with Crippen LogP contribution in [-0.2, 0) is 6.42 Å². The van der Waals surface area contributed by atoms with Crippen molar-refractivity contribution in [1.29, 1.82) is 0 Å². The average molecular weight is 373 g/mol. The zero-order chi connectivity index (χ0) is 19.7. The highest BCUT2D eigenvalue weighted by Gasteiger charge is 2.25. The number of carboxylic acids is 1. The Morgan fingerprint density at radius 2 is 1.86 bits per heavy atom. The Balaban J connectivity index is 1.91. The van der Waals surface area contributed by atoms with Crippen molar-refractivity contribution in [1.82, 2.24) is 4.98 Å². The van der Waals surface area contributed by atoms with Gasteiger partial charge in [0.05, 0.1) is 22.9 Å². The number of pyridine rings is 1. The number of aromatic nitrogens is 1. The van der Waals surface area contributed by atoms with Crippen molar-refractivity contribution in [3.8, 4) is 5.75 Å². The van der Waals surface area contributed by atoms with E-state index in [-0.39, 0.29) is 6.10 Å². The topological polar surface area (TPSA) is 59.4 Å². The first-order chi connectivity index (χ1) is 13.5. The number of hydrogen-bond acceptors (Lipinski definition) is 3. The molecule has 4 nitrogen and oxygen atoms in total. The Kier molecular flexibility index (Phi) is 4.86. The van der Waals surface area contributed by atoms with E-state index in [0.29, 0.717) is 10.9 Å². The molecule has 1 aliphatic rings. The van der Waals surface area contributed by atoms with E-state index >= 15 is 0 Å². The van der Waals surface area contributed by atoms with Gasteiger partial charge in [0.1, 0.15) is 5.75 Å².